The highest BCUT2D eigenvalue weighted by atomic mass is 19.3. The Labute approximate surface area is 120 Å². The molecule has 0 bridgehead atoms. The molecule has 1 unspecified atom stereocenters. The molecule has 2 rings (SSSR count). The van der Waals surface area contributed by atoms with Gasteiger partial charge in [-0.1, -0.05) is 0 Å². The van der Waals surface area contributed by atoms with Gasteiger partial charge < -0.3 is 18.9 Å². The number of hydrogen-bond acceptors (Lipinski definition) is 6. The Morgan fingerprint density at radius 1 is 1.29 bits per heavy atom. The van der Waals surface area contributed by atoms with E-state index in [0.717, 1.165) is 25.7 Å². The van der Waals surface area contributed by atoms with Gasteiger partial charge >= 0.3 is 17.9 Å². The third-order valence-electron chi connectivity index (χ3n) is 3.39. The number of hydrogen-bond donors (Lipinski definition) is 0. The maximum Gasteiger partial charge on any atom is 0.377 e. The average molecular weight is 308 g/mol. The van der Waals surface area contributed by atoms with Crippen LogP contribution in [0.2, 0.25) is 0 Å². The summed E-state index contributed by atoms with van der Waals surface area (Å²) in [4.78, 5) is 22.1. The third-order valence-corrected chi connectivity index (χ3v) is 3.39. The van der Waals surface area contributed by atoms with Crippen molar-refractivity contribution < 1.29 is 37.3 Å². The largest absolute Gasteiger partial charge is 0.460 e. The van der Waals surface area contributed by atoms with Crippen molar-refractivity contribution >= 4 is 11.9 Å². The summed E-state index contributed by atoms with van der Waals surface area (Å²) in [5.74, 6) is -6.83. The molecule has 1 spiro atoms. The molecule has 1 saturated carbocycles. The normalized spacial score (nSPS) is 24.2. The summed E-state index contributed by atoms with van der Waals surface area (Å²) in [6.45, 7) is -0.187. The molecule has 1 saturated heterocycles. The average Bonchev–Trinajstić information content (AvgIpc) is 3.03. The summed E-state index contributed by atoms with van der Waals surface area (Å²) in [5.41, 5.74) is 0. The molecule has 0 aromatic heterocycles. The molecule has 21 heavy (non-hydrogen) atoms. The van der Waals surface area contributed by atoms with Gasteiger partial charge in [0.1, 0.15) is 12.7 Å². The molecule has 0 radical (unpaired) electrons. The summed E-state index contributed by atoms with van der Waals surface area (Å²) in [6.07, 6.45) is 3.33. The van der Waals surface area contributed by atoms with Crippen LogP contribution in [0.3, 0.4) is 0 Å². The van der Waals surface area contributed by atoms with E-state index < -0.39 is 30.3 Å². The van der Waals surface area contributed by atoms with E-state index in [9.17, 15) is 18.4 Å². The van der Waals surface area contributed by atoms with Crippen molar-refractivity contribution in [3.63, 3.8) is 0 Å². The number of alkyl halides is 2. The van der Waals surface area contributed by atoms with Crippen molar-refractivity contribution in [1.82, 2.24) is 0 Å². The van der Waals surface area contributed by atoms with Gasteiger partial charge in [-0.15, -0.1) is 0 Å². The minimum atomic E-state index is -3.63. The lowest BCUT2D eigenvalue weighted by atomic mass is 10.2. The predicted molar refractivity (Wildman–Crippen MR) is 64.6 cm³/mol. The van der Waals surface area contributed by atoms with Crippen molar-refractivity contribution in [2.75, 3.05) is 19.8 Å². The lowest BCUT2D eigenvalue weighted by molar-refractivity contribution is -0.180. The summed E-state index contributed by atoms with van der Waals surface area (Å²) in [6, 6.07) is 0. The van der Waals surface area contributed by atoms with Gasteiger partial charge in [0, 0.05) is 19.8 Å². The van der Waals surface area contributed by atoms with E-state index in [1.54, 1.807) is 0 Å². The van der Waals surface area contributed by atoms with E-state index in [1.807, 2.05) is 0 Å². The fourth-order valence-corrected chi connectivity index (χ4v) is 2.35. The number of halogens is 2. The molecule has 1 heterocycles. The number of rotatable bonds is 5. The van der Waals surface area contributed by atoms with Crippen LogP contribution in [0.15, 0.2) is 0 Å². The van der Waals surface area contributed by atoms with Crippen LogP contribution in [0, 0.1) is 0 Å². The fraction of sp³-hybridized carbons (Fsp3) is 0.846. The molecule has 6 nitrogen and oxygen atoms in total. The highest BCUT2D eigenvalue weighted by Crippen LogP contribution is 2.39. The van der Waals surface area contributed by atoms with E-state index in [2.05, 4.69) is 4.74 Å². The molecule has 0 aromatic carbocycles. The van der Waals surface area contributed by atoms with Gasteiger partial charge in [-0.05, 0) is 12.8 Å². The minimum absolute atomic E-state index is 0.0549. The number of carbonyl (C=O) groups is 2. The van der Waals surface area contributed by atoms with Crippen LogP contribution in [0.25, 0.3) is 0 Å². The molecule has 0 aromatic rings. The summed E-state index contributed by atoms with van der Waals surface area (Å²) >= 11 is 0. The van der Waals surface area contributed by atoms with Gasteiger partial charge in [0.25, 0.3) is 0 Å². The van der Waals surface area contributed by atoms with Crippen LogP contribution in [0.5, 0.6) is 0 Å². The molecular formula is C13H18F2O6. The highest BCUT2D eigenvalue weighted by molar-refractivity contribution is 5.80. The maximum atomic E-state index is 12.5. The van der Waals surface area contributed by atoms with Gasteiger partial charge in [0.15, 0.2) is 12.4 Å². The Morgan fingerprint density at radius 3 is 2.57 bits per heavy atom. The Morgan fingerprint density at radius 2 is 1.95 bits per heavy atom. The van der Waals surface area contributed by atoms with Crippen molar-refractivity contribution in [3.05, 3.63) is 0 Å². The fourth-order valence-electron chi connectivity index (χ4n) is 2.35. The molecule has 2 aliphatic rings. The maximum absolute atomic E-state index is 12.5. The molecule has 0 amide bonds. The van der Waals surface area contributed by atoms with Crippen LogP contribution in [-0.4, -0.2) is 49.6 Å². The van der Waals surface area contributed by atoms with E-state index in [1.165, 1.54) is 0 Å². The predicted octanol–water partition coefficient (Wildman–Crippen LogP) is 1.41. The lowest BCUT2D eigenvalue weighted by Crippen LogP contribution is -2.31. The molecule has 0 N–H and O–H groups in total. The second kappa shape index (κ2) is 6.23. The zero-order chi connectivity index (χ0) is 15.5. The van der Waals surface area contributed by atoms with E-state index in [-0.39, 0.29) is 12.7 Å². The van der Waals surface area contributed by atoms with Gasteiger partial charge in [-0.25, -0.2) is 9.59 Å². The quantitative estimate of drug-likeness (QED) is 0.715. The molecule has 2 fully saturated rings. The number of carbonyl (C=O) groups excluding carboxylic acids is 2. The Hall–Kier alpha value is -1.28. The molecular weight excluding hydrogens is 290 g/mol. The monoisotopic (exact) mass is 308 g/mol. The van der Waals surface area contributed by atoms with Crippen molar-refractivity contribution in [1.29, 1.82) is 0 Å². The Kier molecular flexibility index (Phi) is 4.77. The number of ether oxygens (including phenoxy) is 4. The first-order valence-corrected chi connectivity index (χ1v) is 6.83. The second-order valence-electron chi connectivity index (χ2n) is 5.32. The van der Waals surface area contributed by atoms with Crippen molar-refractivity contribution in [2.45, 2.75) is 50.4 Å². The zero-order valence-electron chi connectivity index (χ0n) is 11.7. The van der Waals surface area contributed by atoms with Crippen molar-refractivity contribution in [3.8, 4) is 0 Å². The van der Waals surface area contributed by atoms with Gasteiger partial charge in [-0.2, -0.15) is 8.78 Å². The van der Waals surface area contributed by atoms with Gasteiger partial charge in [0.05, 0.1) is 6.61 Å². The smallest absolute Gasteiger partial charge is 0.377 e. The summed E-state index contributed by atoms with van der Waals surface area (Å²) in [7, 11) is 0. The van der Waals surface area contributed by atoms with Crippen LogP contribution < -0.4 is 0 Å². The molecule has 8 heteroatoms. The van der Waals surface area contributed by atoms with Crippen molar-refractivity contribution in [2.24, 2.45) is 0 Å². The first kappa shape index (κ1) is 16.1. The summed E-state index contributed by atoms with van der Waals surface area (Å²) in [5, 5.41) is 0. The van der Waals surface area contributed by atoms with Crippen LogP contribution >= 0.6 is 0 Å². The Balaban J connectivity index is 1.65. The first-order chi connectivity index (χ1) is 9.81. The minimum Gasteiger partial charge on any atom is -0.460 e. The van der Waals surface area contributed by atoms with Crippen LogP contribution in [-0.2, 0) is 28.5 Å². The molecule has 1 aliphatic carbocycles. The SMILES string of the molecule is CC(F)(F)C(=O)OCC(=O)OCC1COC2(CCCC2)O1. The number of esters is 2. The standard InChI is InChI=1S/C13H18F2O6/c1-12(14,15)11(17)19-8-10(16)18-6-9-7-20-13(21-9)4-2-3-5-13/h9H,2-8H2,1H3. The molecule has 1 aliphatic heterocycles. The second-order valence-corrected chi connectivity index (χ2v) is 5.32. The molecule has 120 valence electrons. The highest BCUT2D eigenvalue weighted by Gasteiger charge is 2.44. The van der Waals surface area contributed by atoms with E-state index >= 15 is 0 Å². The van der Waals surface area contributed by atoms with Gasteiger partial charge in [-0.3, -0.25) is 0 Å². The van der Waals surface area contributed by atoms with Gasteiger partial charge in [0.2, 0.25) is 0 Å². The Bertz CT molecular complexity index is 400. The zero-order valence-corrected chi connectivity index (χ0v) is 11.7. The molecule has 1 atom stereocenters. The van der Waals surface area contributed by atoms with E-state index in [0.29, 0.717) is 13.5 Å². The topological polar surface area (TPSA) is 71.1 Å². The third kappa shape index (κ3) is 4.34. The van der Waals surface area contributed by atoms with E-state index in [4.69, 9.17) is 14.2 Å². The van der Waals surface area contributed by atoms with Crippen LogP contribution in [0.4, 0.5) is 8.78 Å². The van der Waals surface area contributed by atoms with Crippen LogP contribution in [0.1, 0.15) is 32.6 Å². The first-order valence-electron chi connectivity index (χ1n) is 6.83. The lowest BCUT2D eigenvalue weighted by Gasteiger charge is -2.21. The summed E-state index contributed by atoms with van der Waals surface area (Å²) < 4.78 is 45.3.